The fraction of sp³-hybridized carbons (Fsp3) is 0.333. The lowest BCUT2D eigenvalue weighted by molar-refractivity contribution is -0.140. The predicted octanol–water partition coefficient (Wildman–Crippen LogP) is 4.89. The molecule has 39 heavy (non-hydrogen) atoms. The van der Waals surface area contributed by atoms with Crippen molar-refractivity contribution in [3.8, 4) is 0 Å². The van der Waals surface area contributed by atoms with E-state index in [-0.39, 0.29) is 17.3 Å². The Balaban J connectivity index is 2.10. The maximum absolute atomic E-state index is 14.0. The van der Waals surface area contributed by atoms with E-state index < -0.39 is 34.3 Å². The molecule has 1 atom stereocenters. The molecular weight excluding hydrogens is 517 g/mol. The first-order valence-electron chi connectivity index (χ1n) is 13.0. The van der Waals surface area contributed by atoms with Crippen LogP contribution in [0.1, 0.15) is 42.5 Å². The number of halogens is 1. The van der Waals surface area contributed by atoms with Gasteiger partial charge in [0.15, 0.2) is 0 Å². The van der Waals surface area contributed by atoms with Crippen molar-refractivity contribution in [2.45, 2.75) is 58.5 Å². The molecule has 0 aromatic heterocycles. The molecule has 3 rings (SSSR count). The molecule has 0 saturated heterocycles. The smallest absolute Gasteiger partial charge is 0.264 e. The average molecular weight is 554 g/mol. The van der Waals surface area contributed by atoms with Crippen LogP contribution in [0.15, 0.2) is 71.6 Å². The van der Waals surface area contributed by atoms with Crippen LogP contribution in [0.25, 0.3) is 0 Å². The third-order valence-electron chi connectivity index (χ3n) is 6.52. The molecule has 0 spiro atoms. The van der Waals surface area contributed by atoms with Crippen molar-refractivity contribution in [1.82, 2.24) is 10.2 Å². The number of aryl methyl sites for hydroxylation is 3. The van der Waals surface area contributed by atoms with Gasteiger partial charge in [-0.3, -0.25) is 13.9 Å². The van der Waals surface area contributed by atoms with E-state index in [1.54, 1.807) is 51.1 Å². The van der Waals surface area contributed by atoms with E-state index in [0.29, 0.717) is 29.8 Å². The molecule has 3 aromatic carbocycles. The van der Waals surface area contributed by atoms with Crippen LogP contribution in [0.5, 0.6) is 0 Å². The minimum atomic E-state index is -4.14. The number of carbonyl (C=O) groups is 2. The maximum atomic E-state index is 14.0. The number of carbonyl (C=O) groups excluding carboxylic acids is 2. The quantitative estimate of drug-likeness (QED) is 0.366. The molecule has 7 nitrogen and oxygen atoms in total. The predicted molar refractivity (Wildman–Crippen MR) is 151 cm³/mol. The Morgan fingerprint density at radius 1 is 0.897 bits per heavy atom. The van der Waals surface area contributed by atoms with Crippen LogP contribution in [-0.4, -0.2) is 44.3 Å². The van der Waals surface area contributed by atoms with E-state index in [1.165, 1.54) is 29.2 Å². The van der Waals surface area contributed by atoms with Gasteiger partial charge < -0.3 is 10.2 Å². The topological polar surface area (TPSA) is 86.8 Å². The molecule has 0 aliphatic carbocycles. The van der Waals surface area contributed by atoms with E-state index in [2.05, 4.69) is 5.32 Å². The minimum absolute atomic E-state index is 0.0139. The lowest BCUT2D eigenvalue weighted by Gasteiger charge is -2.33. The first kappa shape index (κ1) is 29.8. The number of anilines is 1. The zero-order valence-electron chi connectivity index (χ0n) is 23.1. The largest absolute Gasteiger partial charge is 0.355 e. The van der Waals surface area contributed by atoms with Crippen LogP contribution >= 0.6 is 0 Å². The van der Waals surface area contributed by atoms with Gasteiger partial charge in [0.1, 0.15) is 18.4 Å². The summed E-state index contributed by atoms with van der Waals surface area (Å²) in [6.07, 6.45) is 0.312. The van der Waals surface area contributed by atoms with Gasteiger partial charge in [0.05, 0.1) is 10.6 Å². The van der Waals surface area contributed by atoms with Gasteiger partial charge in [0.25, 0.3) is 10.0 Å². The highest BCUT2D eigenvalue weighted by Crippen LogP contribution is 2.29. The van der Waals surface area contributed by atoms with Crippen LogP contribution in [0.3, 0.4) is 0 Å². The van der Waals surface area contributed by atoms with Crippen molar-refractivity contribution >= 4 is 27.5 Å². The van der Waals surface area contributed by atoms with Crippen LogP contribution in [-0.2, 0) is 26.2 Å². The first-order chi connectivity index (χ1) is 18.5. The van der Waals surface area contributed by atoms with Gasteiger partial charge >= 0.3 is 0 Å². The fourth-order valence-corrected chi connectivity index (χ4v) is 5.81. The lowest BCUT2D eigenvalue weighted by atomic mass is 10.1. The molecule has 0 bridgehead atoms. The summed E-state index contributed by atoms with van der Waals surface area (Å²) in [5.74, 6) is -1.30. The second-order valence-corrected chi connectivity index (χ2v) is 11.4. The molecule has 0 saturated carbocycles. The highest BCUT2D eigenvalue weighted by Gasteiger charge is 2.34. The summed E-state index contributed by atoms with van der Waals surface area (Å²) < 4.78 is 42.6. The molecule has 208 valence electrons. The standard InChI is InChI=1S/C30H36FN3O4S/c1-6-27(30(36)32-7-2)33(19-24-12-14-25(31)15-13-24)29(35)20-34(28-18-22(4)8-11-23(28)5)39(37,38)26-16-9-21(3)10-17-26/h8-18,27H,6-7,19-20H2,1-5H3,(H,32,36). The summed E-state index contributed by atoms with van der Waals surface area (Å²) in [4.78, 5) is 28.4. The Kier molecular flexibility index (Phi) is 9.86. The first-order valence-corrected chi connectivity index (χ1v) is 14.4. The lowest BCUT2D eigenvalue weighted by Crippen LogP contribution is -2.52. The van der Waals surface area contributed by atoms with Crippen LogP contribution in [0.2, 0.25) is 0 Å². The third kappa shape index (κ3) is 7.23. The van der Waals surface area contributed by atoms with E-state index in [4.69, 9.17) is 0 Å². The molecule has 3 aromatic rings. The van der Waals surface area contributed by atoms with Crippen molar-refractivity contribution < 1.29 is 22.4 Å². The number of rotatable bonds is 11. The Hall–Kier alpha value is -3.72. The Morgan fingerprint density at radius 3 is 2.10 bits per heavy atom. The summed E-state index contributed by atoms with van der Waals surface area (Å²) in [6.45, 7) is 8.95. The van der Waals surface area contributed by atoms with Gasteiger partial charge in [0, 0.05) is 13.1 Å². The van der Waals surface area contributed by atoms with E-state index in [1.807, 2.05) is 26.0 Å². The van der Waals surface area contributed by atoms with E-state index in [0.717, 1.165) is 15.4 Å². The van der Waals surface area contributed by atoms with Crippen LogP contribution in [0.4, 0.5) is 10.1 Å². The van der Waals surface area contributed by atoms with E-state index in [9.17, 15) is 22.4 Å². The molecule has 0 aliphatic rings. The summed E-state index contributed by atoms with van der Waals surface area (Å²) in [5.41, 5.74) is 3.43. The van der Waals surface area contributed by atoms with Crippen molar-refractivity contribution in [3.05, 3.63) is 94.8 Å². The second kappa shape index (κ2) is 12.9. The van der Waals surface area contributed by atoms with Crippen molar-refractivity contribution in [3.63, 3.8) is 0 Å². The SMILES string of the molecule is CCNC(=O)C(CC)N(Cc1ccc(F)cc1)C(=O)CN(c1cc(C)ccc1C)S(=O)(=O)c1ccc(C)cc1. The number of hydrogen-bond donors (Lipinski definition) is 1. The highest BCUT2D eigenvalue weighted by atomic mass is 32.2. The average Bonchev–Trinajstić information content (AvgIpc) is 2.90. The number of nitrogens with zero attached hydrogens (tertiary/aromatic N) is 2. The third-order valence-corrected chi connectivity index (χ3v) is 8.30. The van der Waals surface area contributed by atoms with Gasteiger partial charge in [-0.15, -0.1) is 0 Å². The number of likely N-dealkylation sites (N-methyl/N-ethyl adjacent to an activating group) is 1. The summed E-state index contributed by atoms with van der Waals surface area (Å²) >= 11 is 0. The van der Waals surface area contributed by atoms with Gasteiger partial charge in [-0.2, -0.15) is 0 Å². The molecule has 9 heteroatoms. The number of benzene rings is 3. The molecule has 0 heterocycles. The zero-order valence-corrected chi connectivity index (χ0v) is 23.9. The van der Waals surface area contributed by atoms with E-state index >= 15 is 0 Å². The number of nitrogens with one attached hydrogen (secondary N) is 1. The molecule has 0 fully saturated rings. The molecule has 1 N–H and O–H groups in total. The minimum Gasteiger partial charge on any atom is -0.355 e. The summed E-state index contributed by atoms with van der Waals surface area (Å²) in [5, 5.41) is 2.77. The summed E-state index contributed by atoms with van der Waals surface area (Å²) in [6, 6.07) is 16.7. The van der Waals surface area contributed by atoms with Crippen LogP contribution in [0, 0.1) is 26.6 Å². The molecular formula is C30H36FN3O4S. The highest BCUT2D eigenvalue weighted by molar-refractivity contribution is 7.92. The van der Waals surface area contributed by atoms with Crippen molar-refractivity contribution in [1.29, 1.82) is 0 Å². The molecule has 0 radical (unpaired) electrons. The Bertz CT molecular complexity index is 1410. The molecule has 2 amide bonds. The molecule has 1 unspecified atom stereocenters. The number of sulfonamides is 1. The fourth-order valence-electron chi connectivity index (χ4n) is 4.34. The number of amides is 2. The van der Waals surface area contributed by atoms with Crippen molar-refractivity contribution in [2.75, 3.05) is 17.4 Å². The van der Waals surface area contributed by atoms with Gasteiger partial charge in [0.2, 0.25) is 11.8 Å². The summed E-state index contributed by atoms with van der Waals surface area (Å²) in [7, 11) is -4.14. The Morgan fingerprint density at radius 2 is 1.51 bits per heavy atom. The number of hydrogen-bond acceptors (Lipinski definition) is 4. The van der Waals surface area contributed by atoms with Crippen LogP contribution < -0.4 is 9.62 Å². The zero-order chi connectivity index (χ0) is 28.7. The normalized spacial score (nSPS) is 12.1. The van der Waals surface area contributed by atoms with Gasteiger partial charge in [-0.25, -0.2) is 12.8 Å². The molecule has 0 aliphatic heterocycles. The van der Waals surface area contributed by atoms with Gasteiger partial charge in [-0.1, -0.05) is 48.9 Å². The van der Waals surface area contributed by atoms with Gasteiger partial charge in [-0.05, 0) is 81.1 Å². The van der Waals surface area contributed by atoms with Crippen molar-refractivity contribution in [2.24, 2.45) is 0 Å². The maximum Gasteiger partial charge on any atom is 0.264 e. The Labute approximate surface area is 230 Å². The second-order valence-electron chi connectivity index (χ2n) is 9.58. The monoisotopic (exact) mass is 553 g/mol.